The van der Waals surface area contributed by atoms with Crippen molar-refractivity contribution in [3.63, 3.8) is 0 Å². The van der Waals surface area contributed by atoms with Gasteiger partial charge in [-0.15, -0.1) is 12.4 Å². The van der Waals surface area contributed by atoms with E-state index in [0.717, 1.165) is 0 Å². The van der Waals surface area contributed by atoms with Crippen LogP contribution < -0.4 is 5.73 Å². The minimum Gasteiger partial charge on any atom is -0.324 e. The first-order valence-corrected chi connectivity index (χ1v) is 4.21. The Morgan fingerprint density at radius 2 is 2.07 bits per heavy atom. The van der Waals surface area contributed by atoms with Crippen molar-refractivity contribution >= 4 is 18.1 Å². The van der Waals surface area contributed by atoms with Gasteiger partial charge in [-0.1, -0.05) is 18.2 Å². The summed E-state index contributed by atoms with van der Waals surface area (Å²) in [7, 11) is 0. The summed E-state index contributed by atoms with van der Waals surface area (Å²) in [6.07, 6.45) is 0.102. The van der Waals surface area contributed by atoms with Crippen LogP contribution in [0.15, 0.2) is 24.3 Å². The molecule has 1 rings (SSSR count). The lowest BCUT2D eigenvalue weighted by Crippen LogP contribution is -2.12. The smallest absolute Gasteiger partial charge is 0.274 e. The molecule has 0 aliphatic heterocycles. The molecule has 4 nitrogen and oxygen atoms in total. The highest BCUT2D eigenvalue weighted by atomic mass is 35.5. The Labute approximate surface area is 92.8 Å². The van der Waals surface area contributed by atoms with Crippen molar-refractivity contribution in [2.75, 3.05) is 6.67 Å². The molecule has 6 heteroatoms. The minimum absolute atomic E-state index is 0. The number of hydrogen-bond donors (Lipinski definition) is 1. The number of benzene rings is 1. The van der Waals surface area contributed by atoms with Crippen molar-refractivity contribution in [2.45, 2.75) is 12.5 Å². The third-order valence-electron chi connectivity index (χ3n) is 1.95. The summed E-state index contributed by atoms with van der Waals surface area (Å²) < 4.78 is 12.0. The van der Waals surface area contributed by atoms with Gasteiger partial charge in [-0.2, -0.15) is 0 Å². The Balaban J connectivity index is 0.00000196. The van der Waals surface area contributed by atoms with Gasteiger partial charge in [-0.3, -0.25) is 14.5 Å². The molecule has 0 aliphatic rings. The molecular weight excluding hydrogens is 223 g/mol. The van der Waals surface area contributed by atoms with Gasteiger partial charge in [0.05, 0.1) is 11.6 Å². The van der Waals surface area contributed by atoms with Crippen LogP contribution in [0.2, 0.25) is 0 Å². The van der Waals surface area contributed by atoms with Gasteiger partial charge < -0.3 is 5.73 Å². The second-order valence-electron chi connectivity index (χ2n) is 2.90. The first kappa shape index (κ1) is 13.8. The zero-order valence-electron chi connectivity index (χ0n) is 7.93. The summed E-state index contributed by atoms with van der Waals surface area (Å²) in [4.78, 5) is 10.1. The third kappa shape index (κ3) is 3.45. The molecule has 0 spiro atoms. The Bertz CT molecular complexity index is 336. The highest BCUT2D eigenvalue weighted by Gasteiger charge is 2.17. The highest BCUT2D eigenvalue weighted by Crippen LogP contribution is 2.24. The topological polar surface area (TPSA) is 69.2 Å². The zero-order chi connectivity index (χ0) is 10.6. The molecule has 15 heavy (non-hydrogen) atoms. The van der Waals surface area contributed by atoms with Gasteiger partial charge in [0.25, 0.3) is 5.69 Å². The summed E-state index contributed by atoms with van der Waals surface area (Å²) in [5.74, 6) is 0. The first-order valence-electron chi connectivity index (χ1n) is 4.21. The van der Waals surface area contributed by atoms with E-state index in [1.807, 2.05) is 0 Å². The van der Waals surface area contributed by atoms with Crippen LogP contribution in [0.4, 0.5) is 10.1 Å². The molecule has 0 unspecified atom stereocenters. The lowest BCUT2D eigenvalue weighted by molar-refractivity contribution is -0.385. The Morgan fingerprint density at radius 3 is 2.60 bits per heavy atom. The standard InChI is InChI=1S/C9H11FN2O2.ClH/c10-6-5-8(11)7-3-1-2-4-9(7)12(13)14;/h1-4,8H,5-6,11H2;1H/t8-;/m0./s1. The van der Waals surface area contributed by atoms with E-state index in [-0.39, 0.29) is 24.5 Å². The SMILES string of the molecule is Cl.N[C@@H](CCF)c1ccccc1[N+](=O)[O-]. The predicted molar refractivity (Wildman–Crippen MR) is 57.9 cm³/mol. The van der Waals surface area contributed by atoms with Gasteiger partial charge in [0.15, 0.2) is 0 Å². The number of hydrogen-bond acceptors (Lipinski definition) is 3. The number of halogens is 2. The van der Waals surface area contributed by atoms with E-state index in [4.69, 9.17) is 5.73 Å². The van der Waals surface area contributed by atoms with Gasteiger partial charge in [-0.25, -0.2) is 0 Å². The van der Waals surface area contributed by atoms with E-state index in [9.17, 15) is 14.5 Å². The molecule has 1 aromatic carbocycles. The number of alkyl halides is 1. The Morgan fingerprint density at radius 1 is 1.47 bits per heavy atom. The van der Waals surface area contributed by atoms with Crippen molar-refractivity contribution in [3.05, 3.63) is 39.9 Å². The van der Waals surface area contributed by atoms with E-state index in [1.54, 1.807) is 18.2 Å². The average Bonchev–Trinajstić information content (AvgIpc) is 2.18. The molecule has 2 N–H and O–H groups in total. The van der Waals surface area contributed by atoms with Crippen LogP contribution in [0, 0.1) is 10.1 Å². The Hall–Kier alpha value is -1.20. The largest absolute Gasteiger partial charge is 0.324 e. The van der Waals surface area contributed by atoms with Gasteiger partial charge in [0, 0.05) is 17.7 Å². The lowest BCUT2D eigenvalue weighted by Gasteiger charge is -2.09. The Kier molecular flexibility index (Phi) is 5.81. The highest BCUT2D eigenvalue weighted by molar-refractivity contribution is 5.85. The molecule has 0 radical (unpaired) electrons. The van der Waals surface area contributed by atoms with Crippen LogP contribution in [0.25, 0.3) is 0 Å². The van der Waals surface area contributed by atoms with Crippen LogP contribution in [-0.4, -0.2) is 11.6 Å². The second kappa shape index (κ2) is 6.31. The van der Waals surface area contributed by atoms with Gasteiger partial charge in [-0.05, 0) is 6.42 Å². The molecule has 0 bridgehead atoms. The van der Waals surface area contributed by atoms with Crippen molar-refractivity contribution < 1.29 is 9.31 Å². The molecule has 0 aliphatic carbocycles. The fourth-order valence-corrected chi connectivity index (χ4v) is 1.24. The predicted octanol–water partition coefficient (Wildman–Crippen LogP) is 2.38. The molecule has 1 atom stereocenters. The molecule has 0 saturated heterocycles. The maximum Gasteiger partial charge on any atom is 0.274 e. The van der Waals surface area contributed by atoms with E-state index < -0.39 is 17.6 Å². The van der Waals surface area contributed by atoms with E-state index >= 15 is 0 Å². The molecule has 0 amide bonds. The van der Waals surface area contributed by atoms with Gasteiger partial charge >= 0.3 is 0 Å². The summed E-state index contributed by atoms with van der Waals surface area (Å²) in [5.41, 5.74) is 5.94. The molecule has 0 aromatic heterocycles. The van der Waals surface area contributed by atoms with Gasteiger partial charge in [0.2, 0.25) is 0 Å². The lowest BCUT2D eigenvalue weighted by atomic mass is 10.0. The molecule has 0 heterocycles. The number of nitrogens with two attached hydrogens (primary N) is 1. The van der Waals surface area contributed by atoms with Crippen molar-refractivity contribution in [2.24, 2.45) is 5.73 Å². The third-order valence-corrected chi connectivity index (χ3v) is 1.95. The maximum atomic E-state index is 12.0. The average molecular weight is 235 g/mol. The number of para-hydroxylation sites is 1. The minimum atomic E-state index is -0.610. The second-order valence-corrected chi connectivity index (χ2v) is 2.90. The molecule has 1 aromatic rings. The summed E-state index contributed by atoms with van der Waals surface area (Å²) >= 11 is 0. The summed E-state index contributed by atoms with van der Waals surface area (Å²) in [6, 6.07) is 5.53. The normalized spacial score (nSPS) is 11.6. The molecule has 0 fully saturated rings. The van der Waals surface area contributed by atoms with Crippen LogP contribution in [0.1, 0.15) is 18.0 Å². The number of rotatable bonds is 4. The quantitative estimate of drug-likeness (QED) is 0.642. The van der Waals surface area contributed by atoms with Crippen molar-refractivity contribution in [1.29, 1.82) is 0 Å². The number of nitro benzene ring substituents is 1. The molecule has 84 valence electrons. The summed E-state index contributed by atoms with van der Waals surface area (Å²) in [5, 5.41) is 10.6. The van der Waals surface area contributed by atoms with E-state index in [0.29, 0.717) is 5.56 Å². The van der Waals surface area contributed by atoms with Gasteiger partial charge in [0.1, 0.15) is 0 Å². The summed E-state index contributed by atoms with van der Waals surface area (Å²) in [6.45, 7) is -0.576. The first-order chi connectivity index (χ1) is 6.66. The monoisotopic (exact) mass is 234 g/mol. The van der Waals surface area contributed by atoms with Crippen LogP contribution >= 0.6 is 12.4 Å². The van der Waals surface area contributed by atoms with Crippen LogP contribution in [0.5, 0.6) is 0 Å². The van der Waals surface area contributed by atoms with Crippen LogP contribution in [0.3, 0.4) is 0 Å². The maximum absolute atomic E-state index is 12.0. The van der Waals surface area contributed by atoms with E-state index in [1.165, 1.54) is 6.07 Å². The fourth-order valence-electron chi connectivity index (χ4n) is 1.24. The fraction of sp³-hybridized carbons (Fsp3) is 0.333. The molecule has 0 saturated carbocycles. The zero-order valence-corrected chi connectivity index (χ0v) is 8.74. The molecular formula is C9H12ClFN2O2. The number of nitrogens with zero attached hydrogens (tertiary/aromatic N) is 1. The van der Waals surface area contributed by atoms with Crippen LogP contribution in [-0.2, 0) is 0 Å². The van der Waals surface area contributed by atoms with Crippen molar-refractivity contribution in [1.82, 2.24) is 0 Å². The van der Waals surface area contributed by atoms with Crippen molar-refractivity contribution in [3.8, 4) is 0 Å². The number of nitro groups is 1. The van der Waals surface area contributed by atoms with E-state index in [2.05, 4.69) is 0 Å².